The molecule has 1 atom stereocenters. The molecule has 1 unspecified atom stereocenters. The second-order valence-corrected chi connectivity index (χ2v) is 4.94. The first kappa shape index (κ1) is 13.6. The Morgan fingerprint density at radius 2 is 2.16 bits per heavy atom. The average Bonchev–Trinajstić information content (AvgIpc) is 2.78. The van der Waals surface area contributed by atoms with Crippen molar-refractivity contribution in [3.8, 4) is 0 Å². The van der Waals surface area contributed by atoms with Crippen molar-refractivity contribution in [2.45, 2.75) is 6.42 Å². The third kappa shape index (κ3) is 3.35. The van der Waals surface area contributed by atoms with Crippen LogP contribution >= 0.6 is 11.6 Å². The van der Waals surface area contributed by atoms with Crippen LogP contribution in [0, 0.1) is 5.92 Å². The lowest BCUT2D eigenvalue weighted by atomic mass is 10.1. The van der Waals surface area contributed by atoms with Gasteiger partial charge < -0.3 is 10.2 Å². The van der Waals surface area contributed by atoms with Crippen molar-refractivity contribution in [1.82, 2.24) is 5.32 Å². The Hall–Kier alpha value is -1.81. The maximum atomic E-state index is 11.9. The molecule has 0 bridgehead atoms. The highest BCUT2D eigenvalue weighted by atomic mass is 35.5. The van der Waals surface area contributed by atoms with E-state index in [0.29, 0.717) is 24.5 Å². The summed E-state index contributed by atoms with van der Waals surface area (Å²) in [5.41, 5.74) is 0.840. The standard InChI is InChI=1S/C14H15ClN2O2/c1-2-13(18)16-8-10-7-14(19)17(9-10)12-5-3-11(15)4-6-12/h2-6,10H,1,7-9H2,(H,16,18). The molecular weight excluding hydrogens is 264 g/mol. The number of halogens is 1. The number of carbonyl (C=O) groups is 2. The molecule has 1 heterocycles. The van der Waals surface area contributed by atoms with E-state index >= 15 is 0 Å². The number of nitrogens with one attached hydrogen (secondary N) is 1. The number of carbonyl (C=O) groups excluding carboxylic acids is 2. The minimum Gasteiger partial charge on any atom is -0.352 e. The summed E-state index contributed by atoms with van der Waals surface area (Å²) in [5, 5.41) is 3.36. The maximum absolute atomic E-state index is 11.9. The largest absolute Gasteiger partial charge is 0.352 e. The molecule has 1 aromatic carbocycles. The van der Waals surface area contributed by atoms with E-state index in [2.05, 4.69) is 11.9 Å². The highest BCUT2D eigenvalue weighted by Gasteiger charge is 2.30. The predicted octanol–water partition coefficient (Wildman–Crippen LogP) is 2.00. The van der Waals surface area contributed by atoms with Gasteiger partial charge in [0.25, 0.3) is 0 Å². The minimum atomic E-state index is -0.211. The molecule has 1 N–H and O–H groups in total. The summed E-state index contributed by atoms with van der Waals surface area (Å²) < 4.78 is 0. The van der Waals surface area contributed by atoms with Gasteiger partial charge in [0.05, 0.1) is 0 Å². The fraction of sp³-hybridized carbons (Fsp3) is 0.286. The summed E-state index contributed by atoms with van der Waals surface area (Å²) in [5.74, 6) is -0.00959. The highest BCUT2D eigenvalue weighted by Crippen LogP contribution is 2.25. The number of hydrogen-bond acceptors (Lipinski definition) is 2. The highest BCUT2D eigenvalue weighted by molar-refractivity contribution is 6.30. The Kier molecular flexibility index (Phi) is 4.22. The Bertz CT molecular complexity index is 499. The summed E-state index contributed by atoms with van der Waals surface area (Å²) >= 11 is 5.82. The number of hydrogen-bond donors (Lipinski definition) is 1. The summed E-state index contributed by atoms with van der Waals surface area (Å²) in [6.07, 6.45) is 1.67. The molecule has 1 aromatic rings. The summed E-state index contributed by atoms with van der Waals surface area (Å²) in [6.45, 7) is 4.49. The number of benzene rings is 1. The molecule has 1 aliphatic rings. The lowest BCUT2D eigenvalue weighted by molar-refractivity contribution is -0.118. The first-order chi connectivity index (χ1) is 9.10. The molecule has 0 saturated carbocycles. The maximum Gasteiger partial charge on any atom is 0.243 e. The average molecular weight is 279 g/mol. The fourth-order valence-electron chi connectivity index (χ4n) is 2.11. The second kappa shape index (κ2) is 5.89. The van der Waals surface area contributed by atoms with Gasteiger partial charge in [-0.1, -0.05) is 18.2 Å². The first-order valence-electron chi connectivity index (χ1n) is 6.06. The van der Waals surface area contributed by atoms with Gasteiger partial charge in [0.15, 0.2) is 0 Å². The van der Waals surface area contributed by atoms with Crippen molar-refractivity contribution in [3.63, 3.8) is 0 Å². The van der Waals surface area contributed by atoms with E-state index in [-0.39, 0.29) is 17.7 Å². The normalized spacial score (nSPS) is 18.5. The van der Waals surface area contributed by atoms with E-state index in [1.165, 1.54) is 6.08 Å². The van der Waals surface area contributed by atoms with Crippen molar-refractivity contribution >= 4 is 29.1 Å². The van der Waals surface area contributed by atoms with E-state index in [0.717, 1.165) is 5.69 Å². The van der Waals surface area contributed by atoms with Gasteiger partial charge in [0.2, 0.25) is 11.8 Å². The summed E-state index contributed by atoms with van der Waals surface area (Å²) in [4.78, 5) is 24.8. The number of anilines is 1. The van der Waals surface area contributed by atoms with E-state index in [1.807, 2.05) is 12.1 Å². The molecular formula is C14H15ClN2O2. The van der Waals surface area contributed by atoms with Crippen LogP contribution in [0.5, 0.6) is 0 Å². The Balaban J connectivity index is 1.97. The quantitative estimate of drug-likeness (QED) is 0.857. The zero-order valence-electron chi connectivity index (χ0n) is 10.4. The van der Waals surface area contributed by atoms with E-state index in [9.17, 15) is 9.59 Å². The van der Waals surface area contributed by atoms with E-state index in [4.69, 9.17) is 11.6 Å². The van der Waals surface area contributed by atoms with Gasteiger partial charge in [0.1, 0.15) is 0 Å². The molecule has 19 heavy (non-hydrogen) atoms. The van der Waals surface area contributed by atoms with Crippen LogP contribution in [0.15, 0.2) is 36.9 Å². The van der Waals surface area contributed by atoms with Crippen molar-refractivity contribution in [2.24, 2.45) is 5.92 Å². The Morgan fingerprint density at radius 1 is 1.47 bits per heavy atom. The van der Waals surface area contributed by atoms with Crippen LogP contribution in [0.25, 0.3) is 0 Å². The van der Waals surface area contributed by atoms with Gasteiger partial charge in [-0.15, -0.1) is 0 Å². The predicted molar refractivity (Wildman–Crippen MR) is 75.1 cm³/mol. The van der Waals surface area contributed by atoms with Crippen molar-refractivity contribution in [2.75, 3.05) is 18.0 Å². The molecule has 1 saturated heterocycles. The summed E-state index contributed by atoms with van der Waals surface area (Å²) in [7, 11) is 0. The van der Waals surface area contributed by atoms with Gasteiger partial charge in [0, 0.05) is 36.1 Å². The molecule has 5 heteroatoms. The molecule has 1 fully saturated rings. The second-order valence-electron chi connectivity index (χ2n) is 4.50. The van der Waals surface area contributed by atoms with Crippen LogP contribution in [-0.4, -0.2) is 24.9 Å². The lowest BCUT2D eigenvalue weighted by Crippen LogP contribution is -2.30. The van der Waals surface area contributed by atoms with Crippen LogP contribution in [-0.2, 0) is 9.59 Å². The number of nitrogens with zero attached hydrogens (tertiary/aromatic N) is 1. The molecule has 0 radical (unpaired) electrons. The Morgan fingerprint density at radius 3 is 2.79 bits per heavy atom. The third-order valence-corrected chi connectivity index (χ3v) is 3.35. The molecule has 2 amide bonds. The number of amides is 2. The zero-order valence-corrected chi connectivity index (χ0v) is 11.2. The molecule has 0 aliphatic carbocycles. The van der Waals surface area contributed by atoms with Gasteiger partial charge in [-0.05, 0) is 30.3 Å². The monoisotopic (exact) mass is 278 g/mol. The van der Waals surface area contributed by atoms with Crippen LogP contribution < -0.4 is 10.2 Å². The van der Waals surface area contributed by atoms with Gasteiger partial charge in [-0.3, -0.25) is 9.59 Å². The molecule has 4 nitrogen and oxygen atoms in total. The minimum absolute atomic E-state index is 0.0696. The molecule has 100 valence electrons. The van der Waals surface area contributed by atoms with Crippen molar-refractivity contribution in [3.05, 3.63) is 41.9 Å². The van der Waals surface area contributed by atoms with Crippen molar-refractivity contribution < 1.29 is 9.59 Å². The van der Waals surface area contributed by atoms with Crippen molar-refractivity contribution in [1.29, 1.82) is 0 Å². The molecule has 1 aliphatic heterocycles. The van der Waals surface area contributed by atoms with Crippen LogP contribution in [0.1, 0.15) is 6.42 Å². The molecule has 0 aromatic heterocycles. The van der Waals surface area contributed by atoms with Gasteiger partial charge >= 0.3 is 0 Å². The zero-order chi connectivity index (χ0) is 13.8. The first-order valence-corrected chi connectivity index (χ1v) is 6.44. The van der Waals surface area contributed by atoms with Gasteiger partial charge in [-0.2, -0.15) is 0 Å². The molecule has 2 rings (SSSR count). The summed E-state index contributed by atoms with van der Waals surface area (Å²) in [6, 6.07) is 7.17. The number of rotatable bonds is 4. The van der Waals surface area contributed by atoms with Crippen LogP contribution in [0.4, 0.5) is 5.69 Å². The topological polar surface area (TPSA) is 49.4 Å². The van der Waals surface area contributed by atoms with Crippen LogP contribution in [0.3, 0.4) is 0 Å². The Labute approximate surface area is 117 Å². The van der Waals surface area contributed by atoms with E-state index < -0.39 is 0 Å². The van der Waals surface area contributed by atoms with E-state index in [1.54, 1.807) is 17.0 Å². The van der Waals surface area contributed by atoms with Gasteiger partial charge in [-0.25, -0.2) is 0 Å². The van der Waals surface area contributed by atoms with Crippen LogP contribution in [0.2, 0.25) is 5.02 Å². The fourth-order valence-corrected chi connectivity index (χ4v) is 2.23. The SMILES string of the molecule is C=CC(=O)NCC1CC(=O)N(c2ccc(Cl)cc2)C1. The molecule has 0 spiro atoms. The lowest BCUT2D eigenvalue weighted by Gasteiger charge is -2.16. The third-order valence-electron chi connectivity index (χ3n) is 3.09. The smallest absolute Gasteiger partial charge is 0.243 e.